The Balaban J connectivity index is 1.36. The van der Waals surface area contributed by atoms with Gasteiger partial charge in [-0.05, 0) is 55.5 Å². The third kappa shape index (κ3) is 6.84. The van der Waals surface area contributed by atoms with E-state index in [0.717, 1.165) is 57.0 Å². The van der Waals surface area contributed by atoms with Crippen LogP contribution in [0.25, 0.3) is 0 Å². The maximum atomic E-state index is 14.2. The van der Waals surface area contributed by atoms with Gasteiger partial charge < -0.3 is 25.6 Å². The summed E-state index contributed by atoms with van der Waals surface area (Å²) in [5.41, 5.74) is 7.73. The number of piperazine rings is 1. The number of halogens is 2. The van der Waals surface area contributed by atoms with Crippen LogP contribution in [0.4, 0.5) is 19.3 Å². The van der Waals surface area contributed by atoms with E-state index in [2.05, 4.69) is 22.0 Å². The summed E-state index contributed by atoms with van der Waals surface area (Å²) in [7, 11) is 1.24. The van der Waals surface area contributed by atoms with E-state index in [1.54, 1.807) is 13.0 Å². The molecule has 2 aliphatic heterocycles. The quantitative estimate of drug-likeness (QED) is 0.422. The van der Waals surface area contributed by atoms with Gasteiger partial charge in [0, 0.05) is 50.7 Å². The molecule has 41 heavy (non-hydrogen) atoms. The van der Waals surface area contributed by atoms with Crippen LogP contribution >= 0.6 is 0 Å². The van der Waals surface area contributed by atoms with Gasteiger partial charge in [0.05, 0.1) is 24.3 Å². The van der Waals surface area contributed by atoms with Crippen LogP contribution in [-0.4, -0.2) is 74.1 Å². The highest BCUT2D eigenvalue weighted by molar-refractivity contribution is 5.98. The zero-order valence-electron chi connectivity index (χ0n) is 23.7. The lowest BCUT2D eigenvalue weighted by Gasteiger charge is -2.38. The smallest absolute Gasteiger partial charge is 0.337 e. The molecule has 2 aromatic rings. The van der Waals surface area contributed by atoms with Gasteiger partial charge in [-0.25, -0.2) is 18.4 Å². The van der Waals surface area contributed by atoms with E-state index in [-0.39, 0.29) is 5.57 Å². The molecule has 1 unspecified atom stereocenters. The van der Waals surface area contributed by atoms with E-state index in [9.17, 15) is 23.2 Å². The molecular weight excluding hydrogens is 532 g/mol. The summed E-state index contributed by atoms with van der Waals surface area (Å²) in [4.78, 5) is 43.6. The van der Waals surface area contributed by atoms with Crippen LogP contribution < -0.4 is 16.0 Å². The largest absolute Gasteiger partial charge is 0.466 e. The van der Waals surface area contributed by atoms with Crippen LogP contribution in [0, 0.1) is 17.6 Å². The third-order valence-electron chi connectivity index (χ3n) is 7.76. The van der Waals surface area contributed by atoms with Crippen molar-refractivity contribution < 1.29 is 27.9 Å². The summed E-state index contributed by atoms with van der Waals surface area (Å²) < 4.78 is 32.8. The van der Waals surface area contributed by atoms with Crippen molar-refractivity contribution in [2.75, 3.05) is 51.3 Å². The maximum absolute atomic E-state index is 14.2. The summed E-state index contributed by atoms with van der Waals surface area (Å²) >= 11 is 0. The number of primary amides is 1. The fraction of sp³-hybridized carbons (Fsp3) is 0.433. The second-order valence-corrected chi connectivity index (χ2v) is 10.6. The molecule has 4 rings (SSSR count). The van der Waals surface area contributed by atoms with Crippen LogP contribution in [0.1, 0.15) is 48.7 Å². The van der Waals surface area contributed by atoms with Crippen molar-refractivity contribution in [3.05, 3.63) is 76.5 Å². The average Bonchev–Trinajstić information content (AvgIpc) is 2.95. The second-order valence-electron chi connectivity index (χ2n) is 10.6. The monoisotopic (exact) mass is 569 g/mol. The number of para-hydroxylation sites is 1. The van der Waals surface area contributed by atoms with Gasteiger partial charge in [-0.15, -0.1) is 0 Å². The number of hydrogen-bond donors (Lipinski definition) is 2. The Morgan fingerprint density at radius 2 is 1.80 bits per heavy atom. The first-order chi connectivity index (χ1) is 19.6. The number of amides is 3. The molecule has 11 heteroatoms. The van der Waals surface area contributed by atoms with Crippen molar-refractivity contribution in [1.82, 2.24) is 15.1 Å². The number of carbonyl (C=O) groups is 3. The van der Waals surface area contributed by atoms with Crippen molar-refractivity contribution in [2.24, 2.45) is 11.7 Å². The fourth-order valence-corrected chi connectivity index (χ4v) is 5.68. The van der Waals surface area contributed by atoms with Crippen LogP contribution in [0.5, 0.6) is 0 Å². The zero-order valence-corrected chi connectivity index (χ0v) is 23.7. The molecular formula is C30H37F2N5O4. The van der Waals surface area contributed by atoms with Crippen molar-refractivity contribution in [3.63, 3.8) is 0 Å². The fourth-order valence-electron chi connectivity index (χ4n) is 5.68. The number of benzene rings is 2. The molecule has 0 spiro atoms. The molecule has 2 atom stereocenters. The molecule has 0 saturated carbocycles. The van der Waals surface area contributed by atoms with E-state index < -0.39 is 35.6 Å². The standard InChI is InChI=1S/C30H37F2N5O4/c1-19(18-35-13-15-36(16-14-35)25-9-5-4-8-22(25)28(33)38)7-6-12-37-27(21-10-11-23(31)24(32)17-21)26(29(39)41-3)20(2)34-30(37)40/h4-5,8-11,17,19,27H,6-7,12-16,18H2,1-3H3,(H2,33,38)(H,34,40)/t19-,27?/m0/s1. The first kappa shape index (κ1) is 30.0. The van der Waals surface area contributed by atoms with Crippen LogP contribution in [-0.2, 0) is 9.53 Å². The number of nitrogens with two attached hydrogens (primary N) is 1. The molecule has 0 aromatic heterocycles. The molecule has 220 valence electrons. The van der Waals surface area contributed by atoms with Gasteiger partial charge in [0.2, 0.25) is 0 Å². The molecule has 2 aliphatic rings. The Morgan fingerprint density at radius 1 is 1.10 bits per heavy atom. The molecule has 0 aliphatic carbocycles. The molecule has 2 heterocycles. The van der Waals surface area contributed by atoms with Crippen molar-refractivity contribution in [1.29, 1.82) is 0 Å². The van der Waals surface area contributed by atoms with Crippen molar-refractivity contribution >= 4 is 23.6 Å². The van der Waals surface area contributed by atoms with Crippen molar-refractivity contribution in [3.8, 4) is 0 Å². The maximum Gasteiger partial charge on any atom is 0.337 e. The van der Waals surface area contributed by atoms with E-state index >= 15 is 0 Å². The van der Waals surface area contributed by atoms with Gasteiger partial charge in [-0.2, -0.15) is 0 Å². The molecule has 2 aromatic carbocycles. The molecule has 1 fully saturated rings. The normalized spacial score (nSPS) is 18.8. The van der Waals surface area contributed by atoms with Gasteiger partial charge in [0.1, 0.15) is 0 Å². The van der Waals surface area contributed by atoms with E-state index in [1.807, 2.05) is 18.2 Å². The number of nitrogens with one attached hydrogen (secondary N) is 1. The minimum Gasteiger partial charge on any atom is -0.466 e. The predicted octanol–water partition coefficient (Wildman–Crippen LogP) is 3.82. The summed E-state index contributed by atoms with van der Waals surface area (Å²) in [5.74, 6) is -2.82. The topological polar surface area (TPSA) is 108 Å². The lowest BCUT2D eigenvalue weighted by molar-refractivity contribution is -0.137. The highest BCUT2D eigenvalue weighted by Crippen LogP contribution is 2.35. The minimum atomic E-state index is -1.05. The molecule has 1 saturated heterocycles. The lowest BCUT2D eigenvalue weighted by atomic mass is 9.93. The van der Waals surface area contributed by atoms with Gasteiger partial charge in [0.15, 0.2) is 11.6 Å². The van der Waals surface area contributed by atoms with Crippen LogP contribution in [0.2, 0.25) is 0 Å². The molecule has 0 bridgehead atoms. The Morgan fingerprint density at radius 3 is 2.46 bits per heavy atom. The van der Waals surface area contributed by atoms with Crippen LogP contribution in [0.3, 0.4) is 0 Å². The summed E-state index contributed by atoms with van der Waals surface area (Å²) in [6, 6.07) is 9.46. The second kappa shape index (κ2) is 13.1. The number of rotatable bonds is 10. The Hall–Kier alpha value is -3.99. The molecule has 9 nitrogen and oxygen atoms in total. The predicted molar refractivity (Wildman–Crippen MR) is 151 cm³/mol. The number of hydrogen-bond acceptors (Lipinski definition) is 6. The molecule has 3 amide bonds. The van der Waals surface area contributed by atoms with Gasteiger partial charge in [-0.1, -0.05) is 25.1 Å². The number of urea groups is 1. The highest BCUT2D eigenvalue weighted by atomic mass is 19.2. The van der Waals surface area contributed by atoms with Crippen molar-refractivity contribution in [2.45, 2.75) is 32.7 Å². The highest BCUT2D eigenvalue weighted by Gasteiger charge is 2.38. The molecule has 0 radical (unpaired) electrons. The minimum absolute atomic E-state index is 0.182. The summed E-state index contributed by atoms with van der Waals surface area (Å²) in [6.45, 7) is 8.17. The number of esters is 1. The average molecular weight is 570 g/mol. The van der Waals surface area contributed by atoms with E-state index in [1.165, 1.54) is 18.1 Å². The van der Waals surface area contributed by atoms with Crippen LogP contribution in [0.15, 0.2) is 53.7 Å². The summed E-state index contributed by atoms with van der Waals surface area (Å²) in [5, 5.41) is 2.71. The molecule has 3 N–H and O–H groups in total. The summed E-state index contributed by atoms with van der Waals surface area (Å²) in [6.07, 6.45) is 1.46. The van der Waals surface area contributed by atoms with E-state index in [0.29, 0.717) is 35.7 Å². The number of methoxy groups -OCH3 is 1. The number of carbonyl (C=O) groups excluding carboxylic acids is 3. The first-order valence-corrected chi connectivity index (χ1v) is 13.8. The zero-order chi connectivity index (χ0) is 29.7. The Kier molecular flexibility index (Phi) is 9.59. The third-order valence-corrected chi connectivity index (χ3v) is 7.76. The lowest BCUT2D eigenvalue weighted by Crippen LogP contribution is -2.49. The van der Waals surface area contributed by atoms with Gasteiger partial charge >= 0.3 is 12.0 Å². The van der Waals surface area contributed by atoms with Gasteiger partial charge in [-0.3, -0.25) is 9.69 Å². The number of anilines is 1. The van der Waals surface area contributed by atoms with E-state index in [4.69, 9.17) is 10.5 Å². The Labute approximate surface area is 238 Å². The van der Waals surface area contributed by atoms with Gasteiger partial charge in [0.25, 0.3) is 5.91 Å². The Bertz CT molecular complexity index is 1330. The number of ether oxygens (including phenoxy) is 1. The number of nitrogens with zero attached hydrogens (tertiary/aromatic N) is 3. The SMILES string of the molecule is COC(=O)C1=C(C)NC(=O)N(CCC[C@H](C)CN2CCN(c3ccccc3C(N)=O)CC2)C1c1ccc(F)c(F)c1. The first-order valence-electron chi connectivity index (χ1n) is 13.8. The number of allylic oxidation sites excluding steroid dienone is 1.